The van der Waals surface area contributed by atoms with Crippen molar-refractivity contribution in [1.82, 2.24) is 4.98 Å². The zero-order chi connectivity index (χ0) is 11.0. The Hall–Kier alpha value is -1.09. The smallest absolute Gasteiger partial charge is 0.181 e. The number of Topliss-reactive ketones (excluding diaryl/α,β-unsaturated/α-hetero) is 1. The molecule has 0 radical (unpaired) electrons. The Balaban J connectivity index is 2.55. The summed E-state index contributed by atoms with van der Waals surface area (Å²) in [6, 6.07) is 1.87. The first kappa shape index (κ1) is 10.4. The molecule has 0 fully saturated rings. The predicted octanol–water partition coefficient (Wildman–Crippen LogP) is 2.32. The second-order valence-electron chi connectivity index (χ2n) is 3.97. The lowest BCUT2D eigenvalue weighted by Gasteiger charge is -2.19. The normalized spacial score (nSPS) is 15.0. The van der Waals surface area contributed by atoms with Crippen LogP contribution < -0.4 is 4.90 Å². The van der Waals surface area contributed by atoms with Crippen LogP contribution in [0.5, 0.6) is 0 Å². The summed E-state index contributed by atoms with van der Waals surface area (Å²) in [6.45, 7) is 0. The molecule has 0 aliphatic heterocycles. The van der Waals surface area contributed by atoms with E-state index in [1.54, 1.807) is 0 Å². The second kappa shape index (κ2) is 3.81. The average Bonchev–Trinajstić information content (AvgIpc) is 2.16. The van der Waals surface area contributed by atoms with Gasteiger partial charge in [-0.05, 0) is 24.5 Å². The van der Waals surface area contributed by atoms with Gasteiger partial charge < -0.3 is 4.90 Å². The highest BCUT2D eigenvalue weighted by atomic mass is 35.5. The minimum atomic E-state index is 0.135. The Labute approximate surface area is 94.1 Å². The molecule has 0 saturated carbocycles. The first-order chi connectivity index (χ1) is 7.09. The topological polar surface area (TPSA) is 33.2 Å². The van der Waals surface area contributed by atoms with E-state index in [0.29, 0.717) is 23.0 Å². The van der Waals surface area contributed by atoms with Gasteiger partial charge in [-0.25, -0.2) is 4.98 Å². The minimum Gasteiger partial charge on any atom is -0.361 e. The molecule has 0 N–H and O–H groups in total. The number of nitrogens with zero attached hydrogens (tertiary/aromatic N) is 2. The van der Waals surface area contributed by atoms with E-state index in [4.69, 9.17) is 11.6 Å². The highest BCUT2D eigenvalue weighted by Gasteiger charge is 2.21. The first-order valence-corrected chi connectivity index (χ1v) is 5.37. The van der Waals surface area contributed by atoms with Crippen molar-refractivity contribution in [2.45, 2.75) is 19.3 Å². The molecule has 1 aromatic heterocycles. The molecular formula is C11H13ClN2O. The van der Waals surface area contributed by atoms with Crippen molar-refractivity contribution >= 4 is 23.2 Å². The number of carbonyl (C=O) groups excluding carboxylic acids is 1. The van der Waals surface area contributed by atoms with E-state index >= 15 is 0 Å². The maximum atomic E-state index is 11.6. The summed E-state index contributed by atoms with van der Waals surface area (Å²) in [5.74, 6) is 0.807. The minimum absolute atomic E-state index is 0.135. The van der Waals surface area contributed by atoms with Crippen LogP contribution in [0.3, 0.4) is 0 Å². The third kappa shape index (κ3) is 1.84. The van der Waals surface area contributed by atoms with Gasteiger partial charge in [0.05, 0.1) is 5.02 Å². The Bertz CT molecular complexity index is 415. The standard InChI is InChI=1S/C11H13ClN2O/c1-14(2)11-8(12)6-7-4-3-5-9(15)10(7)13-11/h6H,3-5H2,1-2H3. The number of rotatable bonds is 1. The number of aromatic nitrogens is 1. The summed E-state index contributed by atoms with van der Waals surface area (Å²) < 4.78 is 0. The van der Waals surface area contributed by atoms with Gasteiger partial charge in [-0.1, -0.05) is 11.6 Å². The van der Waals surface area contributed by atoms with Crippen LogP contribution in [-0.2, 0) is 6.42 Å². The van der Waals surface area contributed by atoms with E-state index in [9.17, 15) is 4.79 Å². The van der Waals surface area contributed by atoms with E-state index in [-0.39, 0.29) is 5.78 Å². The largest absolute Gasteiger partial charge is 0.361 e. The van der Waals surface area contributed by atoms with Crippen molar-refractivity contribution in [3.05, 3.63) is 22.3 Å². The quantitative estimate of drug-likeness (QED) is 0.734. The second-order valence-corrected chi connectivity index (χ2v) is 4.38. The van der Waals surface area contributed by atoms with Gasteiger partial charge in [0.25, 0.3) is 0 Å². The Kier molecular flexibility index (Phi) is 2.65. The fourth-order valence-corrected chi connectivity index (χ4v) is 2.16. The van der Waals surface area contributed by atoms with Gasteiger partial charge in [-0.2, -0.15) is 0 Å². The molecule has 0 unspecified atom stereocenters. The van der Waals surface area contributed by atoms with Gasteiger partial charge in [0.2, 0.25) is 0 Å². The highest BCUT2D eigenvalue weighted by Crippen LogP contribution is 2.28. The lowest BCUT2D eigenvalue weighted by molar-refractivity contribution is 0.0967. The molecule has 4 heteroatoms. The highest BCUT2D eigenvalue weighted by molar-refractivity contribution is 6.33. The number of ketones is 1. The summed E-state index contributed by atoms with van der Waals surface area (Å²) in [4.78, 5) is 17.8. The van der Waals surface area contributed by atoms with E-state index in [1.807, 2.05) is 25.1 Å². The summed E-state index contributed by atoms with van der Waals surface area (Å²) in [7, 11) is 3.74. The maximum Gasteiger partial charge on any atom is 0.181 e. The molecule has 1 heterocycles. The SMILES string of the molecule is CN(C)c1nc2c(cc1Cl)CCCC2=O. The van der Waals surface area contributed by atoms with Crippen molar-refractivity contribution in [3.8, 4) is 0 Å². The number of carbonyl (C=O) groups is 1. The van der Waals surface area contributed by atoms with Gasteiger partial charge in [0, 0.05) is 20.5 Å². The Morgan fingerprint density at radius 3 is 2.80 bits per heavy atom. The van der Waals surface area contributed by atoms with Gasteiger partial charge >= 0.3 is 0 Å². The summed E-state index contributed by atoms with van der Waals surface area (Å²) >= 11 is 6.09. The molecule has 15 heavy (non-hydrogen) atoms. The molecule has 80 valence electrons. The average molecular weight is 225 g/mol. The van der Waals surface area contributed by atoms with Crippen LogP contribution in [-0.4, -0.2) is 24.9 Å². The van der Waals surface area contributed by atoms with E-state index in [0.717, 1.165) is 18.4 Å². The maximum absolute atomic E-state index is 11.6. The predicted molar refractivity (Wildman–Crippen MR) is 60.8 cm³/mol. The lowest BCUT2D eigenvalue weighted by Crippen LogP contribution is -2.18. The molecule has 0 amide bonds. The summed E-state index contributed by atoms with van der Waals surface area (Å²) in [5, 5.41) is 0.619. The van der Waals surface area contributed by atoms with E-state index < -0.39 is 0 Å². The summed E-state index contributed by atoms with van der Waals surface area (Å²) in [6.07, 6.45) is 2.42. The van der Waals surface area contributed by atoms with Crippen molar-refractivity contribution in [2.24, 2.45) is 0 Å². The number of fused-ring (bicyclic) bond motifs is 1. The summed E-state index contributed by atoms with van der Waals surface area (Å²) in [5.41, 5.74) is 1.59. The molecule has 0 bridgehead atoms. The fourth-order valence-electron chi connectivity index (χ4n) is 1.82. The third-order valence-electron chi connectivity index (χ3n) is 2.57. The molecule has 0 atom stereocenters. The van der Waals surface area contributed by atoms with E-state index in [2.05, 4.69) is 4.98 Å². The van der Waals surface area contributed by atoms with Crippen LogP contribution in [0.2, 0.25) is 5.02 Å². The number of hydrogen-bond acceptors (Lipinski definition) is 3. The van der Waals surface area contributed by atoms with E-state index in [1.165, 1.54) is 0 Å². The molecule has 0 saturated heterocycles. The van der Waals surface area contributed by atoms with Crippen LogP contribution in [0.25, 0.3) is 0 Å². The van der Waals surface area contributed by atoms with Crippen LogP contribution in [0, 0.1) is 0 Å². The molecule has 1 aromatic rings. The van der Waals surface area contributed by atoms with Crippen molar-refractivity contribution in [3.63, 3.8) is 0 Å². The number of pyridine rings is 1. The van der Waals surface area contributed by atoms with Crippen molar-refractivity contribution in [2.75, 3.05) is 19.0 Å². The lowest BCUT2D eigenvalue weighted by atomic mass is 9.95. The van der Waals surface area contributed by atoms with Crippen LogP contribution in [0.4, 0.5) is 5.82 Å². The molecular weight excluding hydrogens is 212 g/mol. The van der Waals surface area contributed by atoms with Gasteiger partial charge in [0.15, 0.2) is 5.78 Å². The van der Waals surface area contributed by atoms with Crippen molar-refractivity contribution < 1.29 is 4.79 Å². The van der Waals surface area contributed by atoms with Gasteiger partial charge in [-0.3, -0.25) is 4.79 Å². The molecule has 2 rings (SSSR count). The zero-order valence-electron chi connectivity index (χ0n) is 8.88. The number of aryl methyl sites for hydroxylation is 1. The fraction of sp³-hybridized carbons (Fsp3) is 0.455. The zero-order valence-corrected chi connectivity index (χ0v) is 9.64. The molecule has 1 aliphatic carbocycles. The van der Waals surface area contributed by atoms with Gasteiger partial charge in [0.1, 0.15) is 11.5 Å². The molecule has 0 aromatic carbocycles. The Morgan fingerprint density at radius 1 is 1.40 bits per heavy atom. The number of hydrogen-bond donors (Lipinski definition) is 0. The number of halogens is 1. The number of anilines is 1. The third-order valence-corrected chi connectivity index (χ3v) is 2.85. The van der Waals surface area contributed by atoms with Gasteiger partial charge in [-0.15, -0.1) is 0 Å². The van der Waals surface area contributed by atoms with Crippen LogP contribution in [0.15, 0.2) is 6.07 Å². The molecule has 1 aliphatic rings. The molecule has 3 nitrogen and oxygen atoms in total. The molecule has 0 spiro atoms. The van der Waals surface area contributed by atoms with Crippen LogP contribution in [0.1, 0.15) is 28.9 Å². The first-order valence-electron chi connectivity index (χ1n) is 4.99. The van der Waals surface area contributed by atoms with Crippen molar-refractivity contribution in [1.29, 1.82) is 0 Å². The Morgan fingerprint density at radius 2 is 2.13 bits per heavy atom. The monoisotopic (exact) mass is 224 g/mol. The van der Waals surface area contributed by atoms with Crippen LogP contribution >= 0.6 is 11.6 Å².